The van der Waals surface area contributed by atoms with Gasteiger partial charge in [0.05, 0.1) is 35.9 Å². The Balaban J connectivity index is 1.75. The van der Waals surface area contributed by atoms with Crippen LogP contribution in [0.15, 0.2) is 59.9 Å². The van der Waals surface area contributed by atoms with Crippen molar-refractivity contribution in [3.63, 3.8) is 0 Å². The van der Waals surface area contributed by atoms with E-state index in [-0.39, 0.29) is 35.4 Å². The first kappa shape index (κ1) is 27.0. The SMILES string of the molecule is COc1cc(Cc2cc(Cl)cn(C(CCC(N)=O)c3cc(F)c(F)c(F)c3)c2=O)ccc1-n1cnc(C)c1. The highest BCUT2D eigenvalue weighted by molar-refractivity contribution is 6.30. The number of amides is 1. The highest BCUT2D eigenvalue weighted by Crippen LogP contribution is 2.28. The maximum atomic E-state index is 14.1. The Morgan fingerprint density at radius 2 is 1.84 bits per heavy atom. The highest BCUT2D eigenvalue weighted by Gasteiger charge is 2.22. The maximum absolute atomic E-state index is 14.1. The molecule has 0 aliphatic heterocycles. The molecule has 198 valence electrons. The number of carbonyl (C=O) groups is 1. The molecule has 4 rings (SSSR count). The topological polar surface area (TPSA) is 92.1 Å². The van der Waals surface area contributed by atoms with Crippen LogP contribution in [0.4, 0.5) is 13.2 Å². The number of aromatic nitrogens is 3. The molecule has 0 radical (unpaired) electrons. The number of nitrogens with two attached hydrogens (primary N) is 1. The minimum Gasteiger partial charge on any atom is -0.495 e. The van der Waals surface area contributed by atoms with Crippen LogP contribution in [0.2, 0.25) is 5.02 Å². The summed E-state index contributed by atoms with van der Waals surface area (Å²) < 4.78 is 50.3. The Labute approximate surface area is 221 Å². The van der Waals surface area contributed by atoms with Crippen molar-refractivity contribution >= 4 is 17.5 Å². The monoisotopic (exact) mass is 544 g/mol. The van der Waals surface area contributed by atoms with Crippen molar-refractivity contribution in [1.82, 2.24) is 14.1 Å². The van der Waals surface area contributed by atoms with Crippen LogP contribution in [0.3, 0.4) is 0 Å². The van der Waals surface area contributed by atoms with Crippen molar-refractivity contribution in [3.8, 4) is 11.4 Å². The Hall–Kier alpha value is -4.05. The lowest BCUT2D eigenvalue weighted by Crippen LogP contribution is -2.29. The number of halogens is 4. The normalized spacial score (nSPS) is 11.9. The summed E-state index contributed by atoms with van der Waals surface area (Å²) in [5, 5.41) is 0.184. The van der Waals surface area contributed by atoms with E-state index in [0.717, 1.165) is 29.1 Å². The Morgan fingerprint density at radius 1 is 1.13 bits per heavy atom. The molecule has 2 aromatic heterocycles. The molecule has 0 spiro atoms. The van der Waals surface area contributed by atoms with Crippen LogP contribution in [-0.2, 0) is 11.2 Å². The number of imidazole rings is 1. The smallest absolute Gasteiger partial charge is 0.254 e. The second-order valence-electron chi connectivity index (χ2n) is 8.82. The molecular formula is C27H24ClF3N4O3. The van der Waals surface area contributed by atoms with Gasteiger partial charge in [-0.15, -0.1) is 0 Å². The molecule has 0 aliphatic rings. The van der Waals surface area contributed by atoms with Crippen molar-refractivity contribution in [2.75, 3.05) is 7.11 Å². The van der Waals surface area contributed by atoms with Crippen molar-refractivity contribution in [2.45, 2.75) is 32.2 Å². The van der Waals surface area contributed by atoms with Gasteiger partial charge >= 0.3 is 0 Å². The minimum atomic E-state index is -1.63. The van der Waals surface area contributed by atoms with Crippen molar-refractivity contribution in [2.24, 2.45) is 5.73 Å². The number of ether oxygens (including phenoxy) is 1. The van der Waals surface area contributed by atoms with E-state index < -0.39 is 35.0 Å². The minimum absolute atomic E-state index is 0.0420. The number of hydrogen-bond donors (Lipinski definition) is 1. The molecule has 0 saturated carbocycles. The van der Waals surface area contributed by atoms with Gasteiger partial charge in [0, 0.05) is 30.8 Å². The molecule has 38 heavy (non-hydrogen) atoms. The summed E-state index contributed by atoms with van der Waals surface area (Å²) in [5.41, 5.74) is 7.36. The Kier molecular flexibility index (Phi) is 7.91. The lowest BCUT2D eigenvalue weighted by atomic mass is 9.99. The highest BCUT2D eigenvalue weighted by atomic mass is 35.5. The Bertz CT molecular complexity index is 1540. The lowest BCUT2D eigenvalue weighted by Gasteiger charge is -2.22. The van der Waals surface area contributed by atoms with E-state index in [1.165, 1.54) is 23.9 Å². The number of methoxy groups -OCH3 is 1. The summed E-state index contributed by atoms with van der Waals surface area (Å²) >= 11 is 6.34. The van der Waals surface area contributed by atoms with Crippen molar-refractivity contribution in [1.29, 1.82) is 0 Å². The summed E-state index contributed by atoms with van der Waals surface area (Å²) in [5.74, 6) is -4.59. The Morgan fingerprint density at radius 3 is 2.45 bits per heavy atom. The van der Waals surface area contributed by atoms with Crippen molar-refractivity contribution in [3.05, 3.63) is 110 Å². The van der Waals surface area contributed by atoms with Crippen LogP contribution in [0.25, 0.3) is 5.69 Å². The van der Waals surface area contributed by atoms with Crippen LogP contribution in [0.1, 0.15) is 41.3 Å². The lowest BCUT2D eigenvalue weighted by molar-refractivity contribution is -0.118. The second kappa shape index (κ2) is 11.1. The predicted molar refractivity (Wildman–Crippen MR) is 136 cm³/mol. The number of benzene rings is 2. The quantitative estimate of drug-likeness (QED) is 0.304. The van der Waals surface area contributed by atoms with Crippen LogP contribution in [-0.4, -0.2) is 27.1 Å². The summed E-state index contributed by atoms with van der Waals surface area (Å²) in [6, 6.07) is 7.49. The molecule has 0 fully saturated rings. The van der Waals surface area contributed by atoms with Gasteiger partial charge in [-0.05, 0) is 54.8 Å². The van der Waals surface area contributed by atoms with Gasteiger partial charge in [-0.25, -0.2) is 18.2 Å². The van der Waals surface area contributed by atoms with E-state index in [9.17, 15) is 22.8 Å². The third kappa shape index (κ3) is 5.75. The zero-order chi connectivity index (χ0) is 27.6. The molecular weight excluding hydrogens is 521 g/mol. The van der Waals surface area contributed by atoms with Gasteiger partial charge in [0.1, 0.15) is 5.75 Å². The number of aryl methyl sites for hydroxylation is 1. The van der Waals surface area contributed by atoms with Gasteiger partial charge < -0.3 is 19.6 Å². The first-order chi connectivity index (χ1) is 18.1. The fourth-order valence-electron chi connectivity index (χ4n) is 4.31. The molecule has 2 heterocycles. The number of rotatable bonds is 9. The van der Waals surface area contributed by atoms with E-state index >= 15 is 0 Å². The molecule has 4 aromatic rings. The van der Waals surface area contributed by atoms with Crippen molar-refractivity contribution < 1.29 is 22.7 Å². The molecule has 1 unspecified atom stereocenters. The first-order valence-electron chi connectivity index (χ1n) is 11.6. The van der Waals surface area contributed by atoms with Gasteiger partial charge in [-0.3, -0.25) is 9.59 Å². The number of carbonyl (C=O) groups excluding carboxylic acids is 1. The summed E-state index contributed by atoms with van der Waals surface area (Å²) in [7, 11) is 1.53. The summed E-state index contributed by atoms with van der Waals surface area (Å²) in [6.07, 6.45) is 4.73. The molecule has 0 saturated heterocycles. The van der Waals surface area contributed by atoms with E-state index in [1.807, 2.05) is 29.8 Å². The van der Waals surface area contributed by atoms with E-state index in [0.29, 0.717) is 5.75 Å². The fourth-order valence-corrected chi connectivity index (χ4v) is 4.55. The zero-order valence-electron chi connectivity index (χ0n) is 20.6. The van der Waals surface area contributed by atoms with Gasteiger partial charge in [0.2, 0.25) is 5.91 Å². The third-order valence-electron chi connectivity index (χ3n) is 6.10. The van der Waals surface area contributed by atoms with E-state index in [4.69, 9.17) is 22.1 Å². The second-order valence-corrected chi connectivity index (χ2v) is 9.26. The molecule has 0 bridgehead atoms. The summed E-state index contributed by atoms with van der Waals surface area (Å²) in [6.45, 7) is 1.87. The molecule has 0 aliphatic carbocycles. The largest absolute Gasteiger partial charge is 0.495 e. The molecule has 2 aromatic carbocycles. The third-order valence-corrected chi connectivity index (χ3v) is 6.31. The number of hydrogen-bond acceptors (Lipinski definition) is 4. The fraction of sp³-hybridized carbons (Fsp3) is 0.222. The molecule has 2 N–H and O–H groups in total. The van der Waals surface area contributed by atoms with Gasteiger partial charge in [0.25, 0.3) is 5.56 Å². The average molecular weight is 545 g/mol. The molecule has 11 heteroatoms. The van der Waals surface area contributed by atoms with Crippen LogP contribution < -0.4 is 16.0 Å². The molecule has 1 atom stereocenters. The van der Waals surface area contributed by atoms with E-state index in [2.05, 4.69) is 4.98 Å². The number of pyridine rings is 1. The molecule has 1 amide bonds. The average Bonchev–Trinajstić information content (AvgIpc) is 3.30. The first-order valence-corrected chi connectivity index (χ1v) is 12.0. The maximum Gasteiger partial charge on any atom is 0.254 e. The number of primary amides is 1. The standard InChI is InChI=1S/C27H24ClF3N4O3/c1-15-12-34(14-33-15)23-4-3-16(8-24(23)38-2)7-18-9-19(28)13-35(27(18)37)22(5-6-25(32)36)17-10-20(29)26(31)21(30)11-17/h3-4,8-14,22H,5-7H2,1-2H3,(H2,32,36). The zero-order valence-corrected chi connectivity index (χ0v) is 21.3. The molecule has 7 nitrogen and oxygen atoms in total. The predicted octanol–water partition coefficient (Wildman–Crippen LogP) is 4.87. The van der Waals surface area contributed by atoms with Crippen LogP contribution in [0, 0.1) is 24.4 Å². The number of nitrogens with zero attached hydrogens (tertiary/aromatic N) is 3. The van der Waals surface area contributed by atoms with Gasteiger partial charge in [0.15, 0.2) is 17.5 Å². The van der Waals surface area contributed by atoms with Crippen LogP contribution >= 0.6 is 11.6 Å². The van der Waals surface area contributed by atoms with Gasteiger partial charge in [-0.1, -0.05) is 17.7 Å². The van der Waals surface area contributed by atoms with Crippen LogP contribution in [0.5, 0.6) is 5.75 Å². The van der Waals surface area contributed by atoms with E-state index in [1.54, 1.807) is 12.4 Å². The summed E-state index contributed by atoms with van der Waals surface area (Å²) in [4.78, 5) is 29.3. The van der Waals surface area contributed by atoms with Gasteiger partial charge in [-0.2, -0.15) is 0 Å².